The Labute approximate surface area is 179 Å². The molecule has 4 rings (SSSR count). The van der Waals surface area contributed by atoms with E-state index in [4.69, 9.17) is 4.74 Å². The van der Waals surface area contributed by atoms with Crippen molar-refractivity contribution >= 4 is 22.8 Å². The van der Waals surface area contributed by atoms with Crippen molar-refractivity contribution in [1.82, 2.24) is 20.0 Å². The Bertz CT molecular complexity index is 1130. The molecule has 0 saturated carbocycles. The van der Waals surface area contributed by atoms with Crippen LogP contribution in [-0.4, -0.2) is 45.4 Å². The van der Waals surface area contributed by atoms with Crippen molar-refractivity contribution < 1.29 is 18.7 Å². The van der Waals surface area contributed by atoms with Crippen LogP contribution in [0, 0.1) is 5.82 Å². The number of amides is 2. The van der Waals surface area contributed by atoms with Gasteiger partial charge in [-0.1, -0.05) is 30.3 Å². The molecule has 0 spiro atoms. The Morgan fingerprint density at radius 3 is 2.58 bits per heavy atom. The first-order valence-corrected chi connectivity index (χ1v) is 10.2. The van der Waals surface area contributed by atoms with Crippen LogP contribution in [-0.2, 0) is 11.3 Å². The number of hydrogen-bond acceptors (Lipinski definition) is 4. The number of nitrogens with one attached hydrogen (secondary N) is 1. The van der Waals surface area contributed by atoms with Gasteiger partial charge < -0.3 is 15.0 Å². The van der Waals surface area contributed by atoms with Gasteiger partial charge in [-0.15, -0.1) is 0 Å². The van der Waals surface area contributed by atoms with E-state index >= 15 is 0 Å². The maximum atomic E-state index is 14.0. The number of hydrogen-bond donors (Lipinski definition) is 1. The summed E-state index contributed by atoms with van der Waals surface area (Å²) in [7, 11) is 0. The summed E-state index contributed by atoms with van der Waals surface area (Å²) < 4.78 is 21.0. The molecule has 1 N–H and O–H groups in total. The van der Waals surface area contributed by atoms with Crippen molar-refractivity contribution in [3.63, 3.8) is 0 Å². The van der Waals surface area contributed by atoms with Gasteiger partial charge in [0, 0.05) is 31.2 Å². The Morgan fingerprint density at radius 2 is 1.87 bits per heavy atom. The fourth-order valence-corrected chi connectivity index (χ4v) is 3.51. The van der Waals surface area contributed by atoms with Crippen LogP contribution in [0.15, 0.2) is 48.8 Å². The lowest BCUT2D eigenvalue weighted by Crippen LogP contribution is -2.52. The minimum atomic E-state index is -0.533. The number of likely N-dealkylation sites (tertiary alicyclic amines) is 1. The van der Waals surface area contributed by atoms with E-state index in [1.807, 2.05) is 32.9 Å². The lowest BCUT2D eigenvalue weighted by Gasteiger charge is -2.39. The van der Waals surface area contributed by atoms with Gasteiger partial charge in [-0.05, 0) is 37.8 Å². The maximum Gasteiger partial charge on any atom is 0.410 e. The van der Waals surface area contributed by atoms with Gasteiger partial charge in [0.1, 0.15) is 11.4 Å². The summed E-state index contributed by atoms with van der Waals surface area (Å²) in [6, 6.07) is 10.3. The number of aromatic nitrogens is 2. The number of ether oxygens (including phenoxy) is 1. The predicted molar refractivity (Wildman–Crippen MR) is 114 cm³/mol. The molecule has 2 aromatic carbocycles. The summed E-state index contributed by atoms with van der Waals surface area (Å²) in [6.45, 7) is 6.74. The zero-order valence-corrected chi connectivity index (χ0v) is 17.8. The number of carbonyl (C=O) groups is 2. The topological polar surface area (TPSA) is 76.5 Å². The number of fused-ring (bicyclic) bond motifs is 1. The van der Waals surface area contributed by atoms with E-state index in [0.717, 1.165) is 10.9 Å². The first-order chi connectivity index (χ1) is 14.7. The van der Waals surface area contributed by atoms with E-state index in [2.05, 4.69) is 10.4 Å². The third-order valence-corrected chi connectivity index (χ3v) is 5.15. The standard InChI is InChI=1S/C23H25FN4O3/c1-23(2,3)31-22(30)27-13-17(14-27)28-12-16(11-26-28)21(29)25-10-15-8-9-20(24)19-7-5-4-6-18(15)19/h4-9,11-12,17H,10,13-14H2,1-3H3,(H,25,29). The van der Waals surface area contributed by atoms with E-state index in [1.54, 1.807) is 34.0 Å². The Balaban J connectivity index is 1.35. The lowest BCUT2D eigenvalue weighted by atomic mass is 10.0. The Kier molecular flexibility index (Phi) is 5.39. The Morgan fingerprint density at radius 1 is 1.16 bits per heavy atom. The third-order valence-electron chi connectivity index (χ3n) is 5.15. The first-order valence-electron chi connectivity index (χ1n) is 10.2. The van der Waals surface area contributed by atoms with Crippen LogP contribution in [0.2, 0.25) is 0 Å². The van der Waals surface area contributed by atoms with Crippen LogP contribution in [0.3, 0.4) is 0 Å². The second-order valence-electron chi connectivity index (χ2n) is 8.68. The van der Waals surface area contributed by atoms with E-state index in [1.165, 1.54) is 12.3 Å². The number of benzene rings is 2. The molecule has 3 aromatic rings. The highest BCUT2D eigenvalue weighted by atomic mass is 19.1. The molecule has 8 heteroatoms. The van der Waals surface area contributed by atoms with Crippen LogP contribution in [0.1, 0.15) is 42.7 Å². The van der Waals surface area contributed by atoms with Gasteiger partial charge in [-0.2, -0.15) is 5.10 Å². The quantitative estimate of drug-likeness (QED) is 0.689. The summed E-state index contributed by atoms with van der Waals surface area (Å²) >= 11 is 0. The largest absolute Gasteiger partial charge is 0.444 e. The SMILES string of the molecule is CC(C)(C)OC(=O)N1CC(n2cc(C(=O)NCc3ccc(F)c4ccccc34)cn2)C1. The number of nitrogens with zero attached hydrogens (tertiary/aromatic N) is 3. The number of rotatable bonds is 4. The monoisotopic (exact) mass is 424 g/mol. The molecule has 0 aliphatic carbocycles. The van der Waals surface area contributed by atoms with Gasteiger partial charge in [-0.25, -0.2) is 9.18 Å². The highest BCUT2D eigenvalue weighted by Crippen LogP contribution is 2.24. The minimum absolute atomic E-state index is 0.00936. The fourth-order valence-electron chi connectivity index (χ4n) is 3.51. The summed E-state index contributed by atoms with van der Waals surface area (Å²) in [6.07, 6.45) is 2.84. The van der Waals surface area contributed by atoms with Crippen LogP contribution in [0.4, 0.5) is 9.18 Å². The molecule has 0 atom stereocenters. The van der Waals surface area contributed by atoms with E-state index in [9.17, 15) is 14.0 Å². The molecular weight excluding hydrogens is 399 g/mol. The van der Waals surface area contributed by atoms with Crippen LogP contribution in [0.5, 0.6) is 0 Å². The molecule has 1 aromatic heterocycles. The summed E-state index contributed by atoms with van der Waals surface area (Å²) in [4.78, 5) is 26.2. The molecular formula is C23H25FN4O3. The van der Waals surface area contributed by atoms with Crippen molar-refractivity contribution in [2.24, 2.45) is 0 Å². The summed E-state index contributed by atoms with van der Waals surface area (Å²) in [5.74, 6) is -0.546. The third kappa shape index (κ3) is 4.52. The number of carbonyl (C=O) groups excluding carboxylic acids is 2. The molecule has 31 heavy (non-hydrogen) atoms. The molecule has 0 unspecified atom stereocenters. The van der Waals surface area contributed by atoms with E-state index < -0.39 is 5.60 Å². The van der Waals surface area contributed by atoms with Gasteiger partial charge in [0.15, 0.2) is 0 Å². The molecule has 2 amide bonds. The van der Waals surface area contributed by atoms with Crippen molar-refractivity contribution in [3.8, 4) is 0 Å². The van der Waals surface area contributed by atoms with Gasteiger partial charge in [-0.3, -0.25) is 9.48 Å². The second kappa shape index (κ2) is 8.02. The van der Waals surface area contributed by atoms with Gasteiger partial charge in [0.05, 0.1) is 17.8 Å². The Hall–Kier alpha value is -3.42. The number of halogens is 1. The normalized spacial score (nSPS) is 14.4. The molecule has 162 valence electrons. The summed E-state index contributed by atoms with van der Waals surface area (Å²) in [5, 5.41) is 8.44. The molecule has 2 heterocycles. The van der Waals surface area contributed by atoms with Crippen molar-refractivity contribution in [2.75, 3.05) is 13.1 Å². The van der Waals surface area contributed by atoms with E-state index in [0.29, 0.717) is 24.0 Å². The zero-order valence-electron chi connectivity index (χ0n) is 17.8. The molecule has 1 aliphatic heterocycles. The second-order valence-corrected chi connectivity index (χ2v) is 8.68. The van der Waals surface area contributed by atoms with E-state index in [-0.39, 0.29) is 30.4 Å². The van der Waals surface area contributed by atoms with Gasteiger partial charge in [0.2, 0.25) is 0 Å². The first kappa shape index (κ1) is 20.8. The molecule has 0 bridgehead atoms. The van der Waals surface area contributed by atoms with Gasteiger partial charge in [0.25, 0.3) is 5.91 Å². The zero-order chi connectivity index (χ0) is 22.2. The predicted octanol–water partition coefficient (Wildman–Crippen LogP) is 3.90. The van der Waals surface area contributed by atoms with Crippen molar-refractivity contribution in [3.05, 3.63) is 65.7 Å². The summed E-state index contributed by atoms with van der Waals surface area (Å²) in [5.41, 5.74) is 0.737. The smallest absolute Gasteiger partial charge is 0.410 e. The molecule has 7 nitrogen and oxygen atoms in total. The maximum absolute atomic E-state index is 14.0. The van der Waals surface area contributed by atoms with Crippen LogP contribution < -0.4 is 5.32 Å². The minimum Gasteiger partial charge on any atom is -0.444 e. The van der Waals surface area contributed by atoms with Crippen molar-refractivity contribution in [2.45, 2.75) is 39.0 Å². The molecule has 0 radical (unpaired) electrons. The average molecular weight is 424 g/mol. The molecule has 1 fully saturated rings. The average Bonchev–Trinajstić information content (AvgIpc) is 3.14. The van der Waals surface area contributed by atoms with Gasteiger partial charge >= 0.3 is 6.09 Å². The molecule has 1 saturated heterocycles. The van der Waals surface area contributed by atoms with Crippen molar-refractivity contribution in [1.29, 1.82) is 0 Å². The highest BCUT2D eigenvalue weighted by molar-refractivity contribution is 5.94. The van der Waals surface area contributed by atoms with Crippen LogP contribution in [0.25, 0.3) is 10.8 Å². The highest BCUT2D eigenvalue weighted by Gasteiger charge is 2.35. The fraction of sp³-hybridized carbons (Fsp3) is 0.348. The molecule has 1 aliphatic rings. The van der Waals surface area contributed by atoms with Crippen LogP contribution >= 0.6 is 0 Å². The lowest BCUT2D eigenvalue weighted by molar-refractivity contribution is -0.000416.